The predicted molar refractivity (Wildman–Crippen MR) is 61.3 cm³/mol. The second kappa shape index (κ2) is 4.84. The molecule has 78 valence electrons. The zero-order chi connectivity index (χ0) is 10.6. The summed E-state index contributed by atoms with van der Waals surface area (Å²) < 4.78 is 0. The number of hydrogen-bond donors (Lipinski definition) is 2. The highest BCUT2D eigenvalue weighted by Crippen LogP contribution is 2.20. The molecule has 0 aliphatic rings. The highest BCUT2D eigenvalue weighted by atomic mass is 14.9. The Morgan fingerprint density at radius 3 is 2.86 bits per heavy atom. The minimum absolute atomic E-state index is 0.661. The summed E-state index contributed by atoms with van der Waals surface area (Å²) in [7, 11) is 0. The second-order valence-corrected chi connectivity index (χ2v) is 3.75. The lowest BCUT2D eigenvalue weighted by atomic mass is 10.1. The first-order valence-corrected chi connectivity index (χ1v) is 5.10. The maximum Gasteiger partial charge on any atom is 0.0790 e. The van der Waals surface area contributed by atoms with Crippen molar-refractivity contribution in [1.29, 1.82) is 0 Å². The smallest absolute Gasteiger partial charge is 0.0790 e. The van der Waals surface area contributed by atoms with E-state index < -0.39 is 0 Å². The van der Waals surface area contributed by atoms with Gasteiger partial charge >= 0.3 is 0 Å². The number of aromatic nitrogens is 1. The normalized spacial score (nSPS) is 12.5. The first kappa shape index (κ1) is 10.8. The Hall–Kier alpha value is -1.25. The zero-order valence-corrected chi connectivity index (χ0v) is 9.17. The SMILES string of the molecule is CCC(C)CNc1c(N)ccnc1C. The lowest BCUT2D eigenvalue weighted by Crippen LogP contribution is -2.12. The molecule has 0 aliphatic heterocycles. The third-order valence-corrected chi connectivity index (χ3v) is 2.50. The molecule has 0 aromatic carbocycles. The van der Waals surface area contributed by atoms with E-state index >= 15 is 0 Å². The minimum Gasteiger partial charge on any atom is -0.397 e. The van der Waals surface area contributed by atoms with E-state index in [0.717, 1.165) is 23.6 Å². The zero-order valence-electron chi connectivity index (χ0n) is 9.17. The van der Waals surface area contributed by atoms with Crippen LogP contribution in [-0.2, 0) is 0 Å². The van der Waals surface area contributed by atoms with Gasteiger partial charge in [-0.2, -0.15) is 0 Å². The number of nitrogen functional groups attached to an aromatic ring is 1. The molecule has 0 saturated carbocycles. The lowest BCUT2D eigenvalue weighted by Gasteiger charge is -2.14. The van der Waals surface area contributed by atoms with Gasteiger partial charge in [0.2, 0.25) is 0 Å². The van der Waals surface area contributed by atoms with Crippen LogP contribution < -0.4 is 11.1 Å². The fourth-order valence-electron chi connectivity index (χ4n) is 1.24. The summed E-state index contributed by atoms with van der Waals surface area (Å²) in [6, 6.07) is 1.83. The molecule has 0 radical (unpaired) electrons. The molecule has 0 amide bonds. The van der Waals surface area contributed by atoms with Crippen LogP contribution in [0.3, 0.4) is 0 Å². The van der Waals surface area contributed by atoms with Gasteiger partial charge in [0.25, 0.3) is 0 Å². The van der Waals surface area contributed by atoms with E-state index in [0.29, 0.717) is 5.92 Å². The monoisotopic (exact) mass is 193 g/mol. The maximum absolute atomic E-state index is 5.85. The van der Waals surface area contributed by atoms with Crippen molar-refractivity contribution in [3.8, 4) is 0 Å². The summed E-state index contributed by atoms with van der Waals surface area (Å²) in [6.07, 6.45) is 2.91. The highest BCUT2D eigenvalue weighted by Gasteiger charge is 2.04. The Labute approximate surface area is 85.7 Å². The van der Waals surface area contributed by atoms with Crippen LogP contribution in [0.4, 0.5) is 11.4 Å². The molecule has 0 spiro atoms. The largest absolute Gasteiger partial charge is 0.397 e. The van der Waals surface area contributed by atoms with Crippen LogP contribution in [0.2, 0.25) is 0 Å². The third kappa shape index (κ3) is 2.62. The molecule has 3 nitrogen and oxygen atoms in total. The van der Waals surface area contributed by atoms with Crippen LogP contribution in [0.15, 0.2) is 12.3 Å². The summed E-state index contributed by atoms with van der Waals surface area (Å²) in [4.78, 5) is 4.20. The van der Waals surface area contributed by atoms with Crippen LogP contribution in [0.25, 0.3) is 0 Å². The number of hydrogen-bond acceptors (Lipinski definition) is 3. The average molecular weight is 193 g/mol. The van der Waals surface area contributed by atoms with E-state index in [1.807, 2.05) is 13.0 Å². The topological polar surface area (TPSA) is 50.9 Å². The molecule has 1 unspecified atom stereocenters. The van der Waals surface area contributed by atoms with Crippen molar-refractivity contribution in [3.63, 3.8) is 0 Å². The summed E-state index contributed by atoms with van der Waals surface area (Å²) in [5.41, 5.74) is 8.57. The first-order chi connectivity index (χ1) is 6.65. The van der Waals surface area contributed by atoms with E-state index in [-0.39, 0.29) is 0 Å². The molecule has 0 bridgehead atoms. The predicted octanol–water partition coefficient (Wildman–Crippen LogP) is 2.43. The molecular formula is C11H19N3. The van der Waals surface area contributed by atoms with Crippen molar-refractivity contribution in [1.82, 2.24) is 4.98 Å². The molecule has 1 heterocycles. The Morgan fingerprint density at radius 1 is 1.57 bits per heavy atom. The highest BCUT2D eigenvalue weighted by molar-refractivity contribution is 5.67. The summed E-state index contributed by atoms with van der Waals surface area (Å²) >= 11 is 0. The maximum atomic E-state index is 5.85. The molecule has 0 aliphatic carbocycles. The Bertz CT molecular complexity index is 276. The molecule has 1 atom stereocenters. The molecular weight excluding hydrogens is 174 g/mol. The Balaban J connectivity index is 2.66. The number of rotatable bonds is 4. The van der Waals surface area contributed by atoms with Gasteiger partial charge in [-0.25, -0.2) is 0 Å². The van der Waals surface area contributed by atoms with E-state index in [1.165, 1.54) is 6.42 Å². The van der Waals surface area contributed by atoms with Gasteiger partial charge in [0.05, 0.1) is 17.1 Å². The molecule has 3 N–H and O–H groups in total. The van der Waals surface area contributed by atoms with Gasteiger partial charge in [-0.15, -0.1) is 0 Å². The second-order valence-electron chi connectivity index (χ2n) is 3.75. The van der Waals surface area contributed by atoms with E-state index in [2.05, 4.69) is 24.1 Å². The number of nitrogens with one attached hydrogen (secondary N) is 1. The van der Waals surface area contributed by atoms with Gasteiger partial charge in [0.15, 0.2) is 0 Å². The molecule has 1 aromatic rings. The number of aryl methyl sites for hydroxylation is 1. The van der Waals surface area contributed by atoms with E-state index in [4.69, 9.17) is 5.73 Å². The number of pyridine rings is 1. The van der Waals surface area contributed by atoms with Crippen molar-refractivity contribution in [3.05, 3.63) is 18.0 Å². The number of nitrogens with zero attached hydrogens (tertiary/aromatic N) is 1. The van der Waals surface area contributed by atoms with Crippen molar-refractivity contribution >= 4 is 11.4 Å². The van der Waals surface area contributed by atoms with Crippen LogP contribution in [0, 0.1) is 12.8 Å². The summed E-state index contributed by atoms with van der Waals surface area (Å²) in [5.74, 6) is 0.661. The van der Waals surface area contributed by atoms with Crippen molar-refractivity contribution in [2.24, 2.45) is 5.92 Å². The van der Waals surface area contributed by atoms with Gasteiger partial charge in [-0.3, -0.25) is 4.98 Å². The van der Waals surface area contributed by atoms with Gasteiger partial charge in [-0.1, -0.05) is 20.3 Å². The van der Waals surface area contributed by atoms with Gasteiger partial charge in [0.1, 0.15) is 0 Å². The standard InChI is InChI=1S/C11H19N3/c1-4-8(2)7-14-11-9(3)13-6-5-10(11)12/h5-6,8,14H,4,7H2,1-3H3,(H2,12,13). The van der Waals surface area contributed by atoms with E-state index in [1.54, 1.807) is 6.20 Å². The van der Waals surface area contributed by atoms with Gasteiger partial charge < -0.3 is 11.1 Å². The Morgan fingerprint density at radius 2 is 2.29 bits per heavy atom. The quantitative estimate of drug-likeness (QED) is 0.772. The van der Waals surface area contributed by atoms with Gasteiger partial charge in [-0.05, 0) is 18.9 Å². The molecule has 1 aromatic heterocycles. The van der Waals surface area contributed by atoms with Crippen molar-refractivity contribution in [2.75, 3.05) is 17.6 Å². The van der Waals surface area contributed by atoms with Crippen LogP contribution in [-0.4, -0.2) is 11.5 Å². The average Bonchev–Trinajstić information content (AvgIpc) is 2.16. The lowest BCUT2D eigenvalue weighted by molar-refractivity contribution is 0.593. The fourth-order valence-corrected chi connectivity index (χ4v) is 1.24. The summed E-state index contributed by atoms with van der Waals surface area (Å²) in [5, 5.41) is 3.34. The first-order valence-electron chi connectivity index (χ1n) is 5.10. The Kier molecular flexibility index (Phi) is 3.74. The van der Waals surface area contributed by atoms with Crippen molar-refractivity contribution in [2.45, 2.75) is 27.2 Å². The fraction of sp³-hybridized carbons (Fsp3) is 0.545. The number of anilines is 2. The van der Waals surface area contributed by atoms with Crippen molar-refractivity contribution < 1.29 is 0 Å². The van der Waals surface area contributed by atoms with Crippen LogP contribution >= 0.6 is 0 Å². The molecule has 0 fully saturated rings. The van der Waals surface area contributed by atoms with Gasteiger partial charge in [0, 0.05) is 12.7 Å². The van der Waals surface area contributed by atoms with Crippen LogP contribution in [0.5, 0.6) is 0 Å². The minimum atomic E-state index is 0.661. The van der Waals surface area contributed by atoms with Crippen LogP contribution in [0.1, 0.15) is 26.0 Å². The molecule has 3 heteroatoms. The number of nitrogens with two attached hydrogens (primary N) is 1. The summed E-state index contributed by atoms with van der Waals surface area (Å²) in [6.45, 7) is 7.32. The molecule has 0 saturated heterocycles. The van der Waals surface area contributed by atoms with E-state index in [9.17, 15) is 0 Å². The molecule has 14 heavy (non-hydrogen) atoms. The third-order valence-electron chi connectivity index (χ3n) is 2.50. The molecule has 1 rings (SSSR count).